The van der Waals surface area contributed by atoms with E-state index in [9.17, 15) is 29.2 Å². The van der Waals surface area contributed by atoms with Crippen molar-refractivity contribution in [2.75, 3.05) is 13.1 Å². The van der Waals surface area contributed by atoms with Crippen LogP contribution in [0.2, 0.25) is 6.32 Å². The van der Waals surface area contributed by atoms with Crippen molar-refractivity contribution in [1.82, 2.24) is 15.5 Å². The average molecular weight is 646 g/mol. The number of alkyl carbamates (subject to hydrolysis) is 2. The summed E-state index contributed by atoms with van der Waals surface area (Å²) in [5, 5.41) is 24.2. The Morgan fingerprint density at radius 2 is 1.30 bits per heavy atom. The lowest BCUT2D eigenvalue weighted by molar-refractivity contribution is -0.154. The maximum atomic E-state index is 14.0. The van der Waals surface area contributed by atoms with E-state index in [-0.39, 0.29) is 52.1 Å². The highest BCUT2D eigenvalue weighted by Gasteiger charge is 2.56. The van der Waals surface area contributed by atoms with E-state index in [0.717, 1.165) is 16.7 Å². The minimum Gasteiger partial charge on any atom is -0.459 e. The molecule has 1 saturated heterocycles. The second-order valence-corrected chi connectivity index (χ2v) is 11.5. The molecule has 3 amide bonds. The Balaban J connectivity index is 1.52. The molecule has 47 heavy (non-hydrogen) atoms. The lowest BCUT2D eigenvalue weighted by Gasteiger charge is -2.33. The van der Waals surface area contributed by atoms with Gasteiger partial charge in [-0.15, -0.1) is 0 Å². The molecule has 1 aliphatic heterocycles. The molecule has 3 atom stereocenters. The molecule has 0 aromatic heterocycles. The van der Waals surface area contributed by atoms with Crippen LogP contribution < -0.4 is 10.6 Å². The molecular formula is C34H40BN3O9. The Morgan fingerprint density at radius 1 is 0.809 bits per heavy atom. The van der Waals surface area contributed by atoms with Gasteiger partial charge in [-0.25, -0.2) is 14.4 Å². The maximum absolute atomic E-state index is 14.0. The van der Waals surface area contributed by atoms with Gasteiger partial charge in [0.2, 0.25) is 5.91 Å². The fourth-order valence-corrected chi connectivity index (χ4v) is 5.46. The largest absolute Gasteiger partial charge is 0.459 e. The van der Waals surface area contributed by atoms with E-state index in [1.165, 1.54) is 11.8 Å². The van der Waals surface area contributed by atoms with Gasteiger partial charge < -0.3 is 39.8 Å². The number of carbonyl (C=O) groups is 4. The minimum atomic E-state index is -1.73. The number of hydrogen-bond acceptors (Lipinski definition) is 9. The van der Waals surface area contributed by atoms with Gasteiger partial charge in [-0.2, -0.15) is 0 Å². The van der Waals surface area contributed by atoms with Crippen molar-refractivity contribution in [2.45, 2.75) is 57.5 Å². The standard InChI is InChI=1S/C34H40BN3O9/c1-25(36-32(41)46-22-27-14-7-3-8-15-27)30(39)38-20-29(18-11-19-35(43)44)34(24-38,31(40)45-21-26-12-5-2-6-13-26)37-33(42)47-23-28-16-9-4-10-17-28/h2-10,12-17,25,29,43-44H,11,18-24H2,1H3,(H,36,41)(H,37,42)/t25-,29-,34-/m0/s1. The van der Waals surface area contributed by atoms with Gasteiger partial charge in [0.25, 0.3) is 0 Å². The van der Waals surface area contributed by atoms with E-state index in [2.05, 4.69) is 10.6 Å². The topological polar surface area (TPSA) is 164 Å². The van der Waals surface area contributed by atoms with E-state index < -0.39 is 48.7 Å². The van der Waals surface area contributed by atoms with Crippen molar-refractivity contribution in [3.8, 4) is 0 Å². The first-order valence-electron chi connectivity index (χ1n) is 15.5. The molecule has 0 bridgehead atoms. The average Bonchev–Trinajstić information content (AvgIpc) is 3.44. The quantitative estimate of drug-likeness (QED) is 0.117. The number of hydrogen-bond donors (Lipinski definition) is 4. The third kappa shape index (κ3) is 10.3. The van der Waals surface area contributed by atoms with Gasteiger partial charge in [0.05, 0.1) is 6.54 Å². The number of carbonyl (C=O) groups excluding carboxylic acids is 4. The second kappa shape index (κ2) is 17.2. The predicted molar refractivity (Wildman–Crippen MR) is 172 cm³/mol. The molecule has 4 rings (SSSR count). The van der Waals surface area contributed by atoms with E-state index >= 15 is 0 Å². The Hall–Kier alpha value is -4.88. The fraction of sp³-hybridized carbons (Fsp3) is 0.353. The summed E-state index contributed by atoms with van der Waals surface area (Å²) in [7, 11) is -1.57. The fourth-order valence-electron chi connectivity index (χ4n) is 5.46. The Kier molecular flexibility index (Phi) is 12.8. The lowest BCUT2D eigenvalue weighted by atomic mass is 9.78. The van der Waals surface area contributed by atoms with E-state index in [0.29, 0.717) is 0 Å². The van der Waals surface area contributed by atoms with Crippen molar-refractivity contribution in [3.63, 3.8) is 0 Å². The number of amides is 3. The molecular weight excluding hydrogens is 605 g/mol. The summed E-state index contributed by atoms with van der Waals surface area (Å²) in [4.78, 5) is 54.7. The van der Waals surface area contributed by atoms with Crippen LogP contribution in [0, 0.1) is 5.92 Å². The van der Waals surface area contributed by atoms with E-state index in [4.69, 9.17) is 14.2 Å². The third-order valence-electron chi connectivity index (χ3n) is 7.94. The molecule has 0 spiro atoms. The molecule has 0 unspecified atom stereocenters. The van der Waals surface area contributed by atoms with Crippen molar-refractivity contribution < 1.29 is 43.4 Å². The van der Waals surface area contributed by atoms with Crippen molar-refractivity contribution >= 4 is 31.2 Å². The molecule has 0 saturated carbocycles. The molecule has 3 aromatic carbocycles. The van der Waals surface area contributed by atoms with Crippen LogP contribution in [0.15, 0.2) is 91.0 Å². The Morgan fingerprint density at radius 3 is 1.81 bits per heavy atom. The molecule has 13 heteroatoms. The number of ether oxygens (including phenoxy) is 3. The van der Waals surface area contributed by atoms with Crippen LogP contribution >= 0.6 is 0 Å². The second-order valence-electron chi connectivity index (χ2n) is 11.5. The zero-order chi connectivity index (χ0) is 33.6. The van der Waals surface area contributed by atoms with E-state index in [1.54, 1.807) is 60.7 Å². The summed E-state index contributed by atoms with van der Waals surface area (Å²) in [6.07, 6.45) is -1.15. The number of nitrogens with zero attached hydrogens (tertiary/aromatic N) is 1. The van der Waals surface area contributed by atoms with Gasteiger partial charge in [0, 0.05) is 12.5 Å². The highest BCUT2D eigenvalue weighted by Crippen LogP contribution is 2.34. The number of benzene rings is 3. The van der Waals surface area contributed by atoms with Crippen LogP contribution in [-0.2, 0) is 43.6 Å². The summed E-state index contributed by atoms with van der Waals surface area (Å²) in [5.41, 5.74) is 0.507. The van der Waals surface area contributed by atoms with E-state index in [1.807, 2.05) is 30.3 Å². The van der Waals surface area contributed by atoms with Gasteiger partial charge in [0.15, 0.2) is 5.54 Å². The summed E-state index contributed by atoms with van der Waals surface area (Å²) >= 11 is 0. The summed E-state index contributed by atoms with van der Waals surface area (Å²) in [5.74, 6) is -1.97. The molecule has 1 heterocycles. The van der Waals surface area contributed by atoms with Crippen molar-refractivity contribution in [1.29, 1.82) is 0 Å². The molecule has 3 aromatic rings. The number of esters is 1. The van der Waals surface area contributed by atoms with Crippen LogP contribution in [0.25, 0.3) is 0 Å². The zero-order valence-corrected chi connectivity index (χ0v) is 26.2. The van der Waals surface area contributed by atoms with Crippen LogP contribution in [0.3, 0.4) is 0 Å². The predicted octanol–water partition coefficient (Wildman–Crippen LogP) is 3.42. The van der Waals surface area contributed by atoms with Crippen LogP contribution in [0.4, 0.5) is 9.59 Å². The first kappa shape index (κ1) is 35.0. The zero-order valence-electron chi connectivity index (χ0n) is 26.2. The first-order chi connectivity index (χ1) is 22.7. The van der Waals surface area contributed by atoms with Crippen LogP contribution in [-0.4, -0.2) is 70.8 Å². The normalized spacial score (nSPS) is 17.7. The van der Waals surface area contributed by atoms with Crippen LogP contribution in [0.1, 0.15) is 36.5 Å². The molecule has 248 valence electrons. The summed E-state index contributed by atoms with van der Waals surface area (Å²) < 4.78 is 16.5. The molecule has 0 radical (unpaired) electrons. The van der Waals surface area contributed by atoms with Gasteiger partial charge in [-0.3, -0.25) is 4.79 Å². The Labute approximate surface area is 274 Å². The molecule has 1 fully saturated rings. The summed E-state index contributed by atoms with van der Waals surface area (Å²) in [6, 6.07) is 26.1. The van der Waals surface area contributed by atoms with Crippen molar-refractivity contribution in [3.05, 3.63) is 108 Å². The molecule has 0 aliphatic carbocycles. The molecule has 1 aliphatic rings. The molecule has 12 nitrogen and oxygen atoms in total. The monoisotopic (exact) mass is 645 g/mol. The van der Waals surface area contributed by atoms with Crippen LogP contribution in [0.5, 0.6) is 0 Å². The highest BCUT2D eigenvalue weighted by molar-refractivity contribution is 6.40. The van der Waals surface area contributed by atoms with Gasteiger partial charge >= 0.3 is 25.3 Å². The number of nitrogens with one attached hydrogen (secondary N) is 2. The summed E-state index contributed by atoms with van der Waals surface area (Å²) in [6.45, 7) is 1.13. The lowest BCUT2D eigenvalue weighted by Crippen LogP contribution is -2.61. The minimum absolute atomic E-state index is 0.0153. The Bertz CT molecular complexity index is 1460. The first-order valence-corrected chi connectivity index (χ1v) is 15.5. The van der Waals surface area contributed by atoms with Gasteiger partial charge in [0.1, 0.15) is 25.9 Å². The highest BCUT2D eigenvalue weighted by atomic mass is 16.6. The van der Waals surface area contributed by atoms with Gasteiger partial charge in [-0.05, 0) is 36.4 Å². The maximum Gasteiger partial charge on any atom is 0.451 e. The van der Waals surface area contributed by atoms with Gasteiger partial charge in [-0.1, -0.05) is 97.4 Å². The third-order valence-corrected chi connectivity index (χ3v) is 7.94. The number of rotatable bonds is 14. The number of likely N-dealkylation sites (tertiary alicyclic amines) is 1. The molecule has 4 N–H and O–H groups in total. The van der Waals surface area contributed by atoms with Crippen molar-refractivity contribution in [2.24, 2.45) is 5.92 Å². The smallest absolute Gasteiger partial charge is 0.451 e. The SMILES string of the molecule is C[C@H](NC(=O)OCc1ccccc1)C(=O)N1C[C@H](CCCB(O)O)[C@](NC(=O)OCc2ccccc2)(C(=O)OCc2ccccc2)C1.